The maximum Gasteiger partial charge on any atom is 0.113 e. The summed E-state index contributed by atoms with van der Waals surface area (Å²) in [7, 11) is 0. The summed E-state index contributed by atoms with van der Waals surface area (Å²) in [6.07, 6.45) is 1.57. The quantitative estimate of drug-likeness (QED) is 0.166. The molecule has 0 saturated heterocycles. The van der Waals surface area contributed by atoms with E-state index in [1.54, 1.807) is 6.08 Å². The molecule has 0 fully saturated rings. The summed E-state index contributed by atoms with van der Waals surface area (Å²) in [5, 5.41) is 19.4. The van der Waals surface area contributed by atoms with Crippen LogP contribution in [-0.4, -0.2) is 86.6 Å². The van der Waals surface area contributed by atoms with Gasteiger partial charge in [-0.25, -0.2) is 0 Å². The van der Waals surface area contributed by atoms with Gasteiger partial charge in [-0.1, -0.05) is 13.0 Å². The molecule has 28 heavy (non-hydrogen) atoms. The molecule has 0 amide bonds. The summed E-state index contributed by atoms with van der Waals surface area (Å²) in [6.45, 7) is 13.5. The number of nitrogens with two attached hydrogens (primary N) is 1. The molecule has 0 aromatic rings. The van der Waals surface area contributed by atoms with E-state index < -0.39 is 17.9 Å². The molecular weight excluding hydrogens is 366 g/mol. The van der Waals surface area contributed by atoms with Crippen molar-refractivity contribution in [3.8, 4) is 0 Å². The number of rotatable bonds is 19. The van der Waals surface area contributed by atoms with E-state index in [1.165, 1.54) is 0 Å². The van der Waals surface area contributed by atoms with E-state index in [0.29, 0.717) is 26.4 Å². The fraction of sp³-hybridized carbons (Fsp3) is 0.900. The SMILES string of the molecule is C=CCOCC(O)COCC(O)COCCOC(C)(C)CCOC(C)(N)CC. The molecule has 8 nitrogen and oxygen atoms in total. The van der Waals surface area contributed by atoms with Gasteiger partial charge in [-0.3, -0.25) is 0 Å². The third kappa shape index (κ3) is 16.4. The lowest BCUT2D eigenvalue weighted by atomic mass is 10.1. The topological polar surface area (TPSA) is 113 Å². The molecule has 168 valence electrons. The molecule has 3 atom stereocenters. The lowest BCUT2D eigenvalue weighted by molar-refractivity contribution is -0.0943. The molecule has 0 spiro atoms. The minimum absolute atomic E-state index is 0.0808. The standard InChI is InChI=1S/C20H41NO7/c1-6-9-24-13-17(22)15-26-16-18(23)14-25-11-12-27-19(3,4)8-10-28-20(5,21)7-2/h6,17-18,22-23H,1,7-16,21H2,2-5H3. The van der Waals surface area contributed by atoms with Crippen LogP contribution in [0.15, 0.2) is 12.7 Å². The van der Waals surface area contributed by atoms with Crippen LogP contribution in [0.1, 0.15) is 40.5 Å². The molecule has 0 heterocycles. The number of hydrogen-bond acceptors (Lipinski definition) is 8. The summed E-state index contributed by atoms with van der Waals surface area (Å²) < 4.78 is 27.2. The Kier molecular flexibility index (Phi) is 15.0. The highest BCUT2D eigenvalue weighted by atomic mass is 16.5. The van der Waals surface area contributed by atoms with E-state index in [1.807, 2.05) is 27.7 Å². The van der Waals surface area contributed by atoms with Crippen molar-refractivity contribution in [1.29, 1.82) is 0 Å². The molecular formula is C20H41NO7. The maximum absolute atomic E-state index is 9.81. The third-order valence-electron chi connectivity index (χ3n) is 4.04. The van der Waals surface area contributed by atoms with Gasteiger partial charge in [0.25, 0.3) is 0 Å². The molecule has 3 unspecified atom stereocenters. The molecule has 0 aliphatic rings. The average Bonchev–Trinajstić information content (AvgIpc) is 2.61. The highest BCUT2D eigenvalue weighted by Gasteiger charge is 2.21. The second-order valence-corrected chi connectivity index (χ2v) is 7.62. The van der Waals surface area contributed by atoms with Crippen molar-refractivity contribution in [3.05, 3.63) is 12.7 Å². The predicted molar refractivity (Wildman–Crippen MR) is 108 cm³/mol. The molecule has 4 N–H and O–H groups in total. The van der Waals surface area contributed by atoms with Crippen LogP contribution in [0.5, 0.6) is 0 Å². The second kappa shape index (κ2) is 15.3. The van der Waals surface area contributed by atoms with Gasteiger partial charge in [-0.05, 0) is 33.6 Å². The van der Waals surface area contributed by atoms with Crippen molar-refractivity contribution in [1.82, 2.24) is 0 Å². The molecule has 0 aliphatic carbocycles. The summed E-state index contributed by atoms with van der Waals surface area (Å²) in [5.74, 6) is 0. The van der Waals surface area contributed by atoms with Gasteiger partial charge in [0, 0.05) is 0 Å². The number of ether oxygens (including phenoxy) is 5. The molecule has 0 bridgehead atoms. The fourth-order valence-corrected chi connectivity index (χ4v) is 2.02. The van der Waals surface area contributed by atoms with E-state index in [4.69, 9.17) is 29.4 Å². The van der Waals surface area contributed by atoms with Gasteiger partial charge in [0.1, 0.15) is 17.9 Å². The minimum Gasteiger partial charge on any atom is -0.388 e. The maximum atomic E-state index is 9.81. The Bertz CT molecular complexity index is 391. The normalized spacial score (nSPS) is 16.5. The largest absolute Gasteiger partial charge is 0.388 e. The van der Waals surface area contributed by atoms with Gasteiger partial charge < -0.3 is 39.6 Å². The molecule has 0 aromatic carbocycles. The molecule has 0 aliphatic heterocycles. The molecule has 8 heteroatoms. The molecule has 0 aromatic heterocycles. The van der Waals surface area contributed by atoms with Crippen molar-refractivity contribution in [2.24, 2.45) is 5.73 Å². The van der Waals surface area contributed by atoms with Crippen molar-refractivity contribution in [2.75, 3.05) is 52.9 Å². The first-order chi connectivity index (χ1) is 13.1. The van der Waals surface area contributed by atoms with Gasteiger partial charge >= 0.3 is 0 Å². The van der Waals surface area contributed by atoms with E-state index in [2.05, 4.69) is 6.58 Å². The Morgan fingerprint density at radius 1 is 0.893 bits per heavy atom. The van der Waals surface area contributed by atoms with Crippen molar-refractivity contribution in [3.63, 3.8) is 0 Å². The van der Waals surface area contributed by atoms with Crippen molar-refractivity contribution < 1.29 is 33.9 Å². The van der Waals surface area contributed by atoms with E-state index in [-0.39, 0.29) is 32.0 Å². The van der Waals surface area contributed by atoms with Gasteiger partial charge in [0.05, 0.1) is 58.5 Å². The zero-order valence-corrected chi connectivity index (χ0v) is 18.0. The highest BCUT2D eigenvalue weighted by molar-refractivity contribution is 4.70. The lowest BCUT2D eigenvalue weighted by Crippen LogP contribution is -2.40. The van der Waals surface area contributed by atoms with Crippen LogP contribution >= 0.6 is 0 Å². The van der Waals surface area contributed by atoms with Crippen LogP contribution in [0.3, 0.4) is 0 Å². The fourth-order valence-electron chi connectivity index (χ4n) is 2.02. The Morgan fingerprint density at radius 2 is 1.46 bits per heavy atom. The molecule has 0 radical (unpaired) electrons. The van der Waals surface area contributed by atoms with Gasteiger partial charge in [-0.15, -0.1) is 6.58 Å². The first-order valence-electron chi connectivity index (χ1n) is 9.89. The minimum atomic E-state index is -0.765. The lowest BCUT2D eigenvalue weighted by Gasteiger charge is -2.29. The zero-order chi connectivity index (χ0) is 21.5. The van der Waals surface area contributed by atoms with Crippen LogP contribution in [0.25, 0.3) is 0 Å². The zero-order valence-electron chi connectivity index (χ0n) is 18.0. The Morgan fingerprint density at radius 3 is 2.04 bits per heavy atom. The highest BCUT2D eigenvalue weighted by Crippen LogP contribution is 2.16. The van der Waals surface area contributed by atoms with Gasteiger partial charge in [-0.2, -0.15) is 0 Å². The number of aliphatic hydroxyl groups is 2. The Balaban J connectivity index is 3.68. The summed E-state index contributed by atoms with van der Waals surface area (Å²) in [4.78, 5) is 0. The first-order valence-corrected chi connectivity index (χ1v) is 9.89. The Hall–Kier alpha value is -0.580. The van der Waals surface area contributed by atoms with Crippen LogP contribution in [0, 0.1) is 0 Å². The van der Waals surface area contributed by atoms with E-state index in [9.17, 15) is 10.2 Å². The van der Waals surface area contributed by atoms with Crippen molar-refractivity contribution >= 4 is 0 Å². The van der Waals surface area contributed by atoms with Crippen LogP contribution in [-0.2, 0) is 23.7 Å². The summed E-state index contributed by atoms with van der Waals surface area (Å²) in [5.41, 5.74) is 5.00. The smallest absolute Gasteiger partial charge is 0.113 e. The Labute approximate surface area is 169 Å². The third-order valence-corrected chi connectivity index (χ3v) is 4.04. The molecule has 0 rings (SSSR count). The van der Waals surface area contributed by atoms with Crippen molar-refractivity contribution in [2.45, 2.75) is 64.1 Å². The second-order valence-electron chi connectivity index (χ2n) is 7.62. The number of aliphatic hydroxyl groups excluding tert-OH is 2. The summed E-state index contributed by atoms with van der Waals surface area (Å²) >= 11 is 0. The average molecular weight is 408 g/mol. The monoisotopic (exact) mass is 407 g/mol. The van der Waals surface area contributed by atoms with Gasteiger partial charge in [0.15, 0.2) is 0 Å². The van der Waals surface area contributed by atoms with E-state index >= 15 is 0 Å². The van der Waals surface area contributed by atoms with Gasteiger partial charge in [0.2, 0.25) is 0 Å². The number of hydrogen-bond donors (Lipinski definition) is 3. The van der Waals surface area contributed by atoms with Crippen LogP contribution < -0.4 is 5.73 Å². The first kappa shape index (κ1) is 27.4. The molecule has 0 saturated carbocycles. The van der Waals surface area contributed by atoms with Crippen LogP contribution in [0.2, 0.25) is 0 Å². The van der Waals surface area contributed by atoms with Crippen LogP contribution in [0.4, 0.5) is 0 Å². The predicted octanol–water partition coefficient (Wildman–Crippen LogP) is 1.23. The van der Waals surface area contributed by atoms with E-state index in [0.717, 1.165) is 12.8 Å². The summed E-state index contributed by atoms with van der Waals surface area (Å²) in [6, 6.07) is 0.